The van der Waals surface area contributed by atoms with E-state index in [9.17, 15) is 0 Å². The van der Waals surface area contributed by atoms with Gasteiger partial charge in [0.15, 0.2) is 0 Å². The van der Waals surface area contributed by atoms with Crippen molar-refractivity contribution in [2.24, 2.45) is 5.41 Å². The molecule has 1 saturated heterocycles. The molecule has 0 spiro atoms. The number of ether oxygens (including phenoxy) is 1. The van der Waals surface area contributed by atoms with Gasteiger partial charge in [0.1, 0.15) is 0 Å². The molecule has 2 rings (SSSR count). The molecule has 0 bridgehead atoms. The summed E-state index contributed by atoms with van der Waals surface area (Å²) < 4.78 is 6.22. The number of anilines is 1. The molecule has 0 atom stereocenters. The van der Waals surface area contributed by atoms with Crippen molar-refractivity contribution in [2.45, 2.75) is 26.8 Å². The zero-order valence-corrected chi connectivity index (χ0v) is 14.3. The largest absolute Gasteiger partial charge is 0.383 e. The van der Waals surface area contributed by atoms with Gasteiger partial charge in [-0.3, -0.25) is 0 Å². The number of hydrogen-bond donors (Lipinski definition) is 1. The van der Waals surface area contributed by atoms with Gasteiger partial charge in [0.25, 0.3) is 0 Å². The fourth-order valence-corrected chi connectivity index (χ4v) is 3.13. The Kier molecular flexibility index (Phi) is 5.47. The molecule has 1 fully saturated rings. The minimum Gasteiger partial charge on any atom is -0.383 e. The van der Waals surface area contributed by atoms with Gasteiger partial charge < -0.3 is 15.0 Å². The van der Waals surface area contributed by atoms with Crippen molar-refractivity contribution in [2.75, 3.05) is 38.3 Å². The van der Waals surface area contributed by atoms with Crippen molar-refractivity contribution in [1.82, 2.24) is 5.32 Å². The Bertz CT molecular complexity index is 448. The molecule has 1 aromatic carbocycles. The first-order valence-corrected chi connectivity index (χ1v) is 8.04. The van der Waals surface area contributed by atoms with Crippen LogP contribution in [0.15, 0.2) is 22.7 Å². The summed E-state index contributed by atoms with van der Waals surface area (Å²) in [6.45, 7) is 9.51. The standard InChI is InChI=1S/C16H25BrN2O/c1-16(2)6-8-19(12-16)15-5-4-14(17)10-13(15)11-18-7-9-20-3/h4-5,10,18H,6-9,11-12H2,1-3H3. The van der Waals surface area contributed by atoms with Gasteiger partial charge in [-0.15, -0.1) is 0 Å². The molecule has 1 aromatic rings. The first kappa shape index (κ1) is 15.8. The number of nitrogens with zero attached hydrogens (tertiary/aromatic N) is 1. The fraction of sp³-hybridized carbons (Fsp3) is 0.625. The zero-order valence-electron chi connectivity index (χ0n) is 12.7. The van der Waals surface area contributed by atoms with Crippen LogP contribution in [0.1, 0.15) is 25.8 Å². The molecule has 1 aliphatic rings. The third-order valence-corrected chi connectivity index (χ3v) is 4.35. The second kappa shape index (κ2) is 6.92. The second-order valence-electron chi connectivity index (χ2n) is 6.28. The number of rotatable bonds is 6. The van der Waals surface area contributed by atoms with Gasteiger partial charge in [-0.05, 0) is 35.6 Å². The van der Waals surface area contributed by atoms with E-state index >= 15 is 0 Å². The van der Waals surface area contributed by atoms with Gasteiger partial charge >= 0.3 is 0 Å². The molecular weight excluding hydrogens is 316 g/mol. The SMILES string of the molecule is COCCNCc1cc(Br)ccc1N1CCC(C)(C)C1. The monoisotopic (exact) mass is 340 g/mol. The van der Waals surface area contributed by atoms with E-state index in [-0.39, 0.29) is 0 Å². The molecule has 1 aliphatic heterocycles. The summed E-state index contributed by atoms with van der Waals surface area (Å²) in [7, 11) is 1.73. The predicted molar refractivity (Wildman–Crippen MR) is 88.3 cm³/mol. The average molecular weight is 341 g/mol. The molecule has 4 heteroatoms. The van der Waals surface area contributed by atoms with Crippen LogP contribution in [0.3, 0.4) is 0 Å². The Hall–Kier alpha value is -0.580. The lowest BCUT2D eigenvalue weighted by Crippen LogP contribution is -2.25. The van der Waals surface area contributed by atoms with Crippen LogP contribution in [0.4, 0.5) is 5.69 Å². The summed E-state index contributed by atoms with van der Waals surface area (Å²) >= 11 is 3.58. The highest BCUT2D eigenvalue weighted by Gasteiger charge is 2.30. The van der Waals surface area contributed by atoms with E-state index < -0.39 is 0 Å². The van der Waals surface area contributed by atoms with Crippen LogP contribution in [0.5, 0.6) is 0 Å². The van der Waals surface area contributed by atoms with Crippen LogP contribution in [0.2, 0.25) is 0 Å². The average Bonchev–Trinajstić information content (AvgIpc) is 2.75. The number of hydrogen-bond acceptors (Lipinski definition) is 3. The maximum atomic E-state index is 5.08. The first-order valence-electron chi connectivity index (χ1n) is 7.25. The molecule has 0 aromatic heterocycles. The highest BCUT2D eigenvalue weighted by atomic mass is 79.9. The van der Waals surface area contributed by atoms with Crippen LogP contribution < -0.4 is 10.2 Å². The summed E-state index contributed by atoms with van der Waals surface area (Å²) in [5, 5.41) is 3.44. The number of halogens is 1. The van der Waals surface area contributed by atoms with Gasteiger partial charge in [0.05, 0.1) is 6.61 Å². The summed E-state index contributed by atoms with van der Waals surface area (Å²) in [5.74, 6) is 0. The molecular formula is C16H25BrN2O. The zero-order chi connectivity index (χ0) is 14.6. The summed E-state index contributed by atoms with van der Waals surface area (Å²) in [4.78, 5) is 2.51. The minimum absolute atomic E-state index is 0.424. The summed E-state index contributed by atoms with van der Waals surface area (Å²) in [6.07, 6.45) is 1.26. The minimum atomic E-state index is 0.424. The molecule has 0 radical (unpaired) electrons. The number of methoxy groups -OCH3 is 1. The van der Waals surface area contributed by atoms with Crippen molar-refractivity contribution in [3.63, 3.8) is 0 Å². The highest BCUT2D eigenvalue weighted by Crippen LogP contribution is 2.34. The van der Waals surface area contributed by atoms with E-state index in [0.29, 0.717) is 5.41 Å². The normalized spacial score (nSPS) is 17.7. The predicted octanol–water partition coefficient (Wildman–Crippen LogP) is 3.42. The maximum Gasteiger partial charge on any atom is 0.0587 e. The second-order valence-corrected chi connectivity index (χ2v) is 7.19. The molecule has 1 N–H and O–H groups in total. The molecule has 3 nitrogen and oxygen atoms in total. The number of nitrogens with one attached hydrogen (secondary N) is 1. The lowest BCUT2D eigenvalue weighted by Gasteiger charge is -2.24. The molecule has 0 aliphatic carbocycles. The van der Waals surface area contributed by atoms with E-state index in [0.717, 1.165) is 37.3 Å². The van der Waals surface area contributed by atoms with Crippen molar-refractivity contribution < 1.29 is 4.74 Å². The van der Waals surface area contributed by atoms with Crippen molar-refractivity contribution in [3.05, 3.63) is 28.2 Å². The third-order valence-electron chi connectivity index (χ3n) is 3.86. The van der Waals surface area contributed by atoms with E-state index in [1.54, 1.807) is 7.11 Å². The van der Waals surface area contributed by atoms with E-state index in [1.807, 2.05) is 0 Å². The smallest absolute Gasteiger partial charge is 0.0587 e. The molecule has 0 unspecified atom stereocenters. The fourth-order valence-electron chi connectivity index (χ4n) is 2.72. The van der Waals surface area contributed by atoms with Crippen molar-refractivity contribution >= 4 is 21.6 Å². The Balaban J connectivity index is 2.08. The maximum absolute atomic E-state index is 5.08. The van der Waals surface area contributed by atoms with Gasteiger partial charge in [-0.25, -0.2) is 0 Å². The Morgan fingerprint density at radius 2 is 2.20 bits per heavy atom. The molecule has 112 valence electrons. The summed E-state index contributed by atoms with van der Waals surface area (Å²) in [5.41, 5.74) is 3.14. The van der Waals surface area contributed by atoms with Gasteiger partial charge in [-0.2, -0.15) is 0 Å². The Labute approximate surface area is 130 Å². The van der Waals surface area contributed by atoms with Crippen molar-refractivity contribution in [1.29, 1.82) is 0 Å². The van der Waals surface area contributed by atoms with Gasteiger partial charge in [-0.1, -0.05) is 29.8 Å². The van der Waals surface area contributed by atoms with Crippen LogP contribution in [0, 0.1) is 5.41 Å². The van der Waals surface area contributed by atoms with Crippen LogP contribution >= 0.6 is 15.9 Å². The quantitative estimate of drug-likeness (QED) is 0.803. The lowest BCUT2D eigenvalue weighted by molar-refractivity contribution is 0.199. The van der Waals surface area contributed by atoms with E-state index in [2.05, 4.69) is 58.2 Å². The van der Waals surface area contributed by atoms with Crippen LogP contribution in [-0.4, -0.2) is 33.4 Å². The van der Waals surface area contributed by atoms with Gasteiger partial charge in [0, 0.05) is 43.4 Å². The molecule has 0 saturated carbocycles. The van der Waals surface area contributed by atoms with Crippen LogP contribution in [0.25, 0.3) is 0 Å². The third kappa shape index (κ3) is 4.21. The topological polar surface area (TPSA) is 24.5 Å². The summed E-state index contributed by atoms with van der Waals surface area (Å²) in [6, 6.07) is 6.60. The van der Waals surface area contributed by atoms with E-state index in [4.69, 9.17) is 4.74 Å². The highest BCUT2D eigenvalue weighted by molar-refractivity contribution is 9.10. The van der Waals surface area contributed by atoms with Crippen molar-refractivity contribution in [3.8, 4) is 0 Å². The number of benzene rings is 1. The Morgan fingerprint density at radius 3 is 2.85 bits per heavy atom. The van der Waals surface area contributed by atoms with E-state index in [1.165, 1.54) is 17.7 Å². The first-order chi connectivity index (χ1) is 9.52. The van der Waals surface area contributed by atoms with Crippen LogP contribution in [-0.2, 0) is 11.3 Å². The molecule has 20 heavy (non-hydrogen) atoms. The molecule has 1 heterocycles. The molecule has 0 amide bonds. The van der Waals surface area contributed by atoms with Gasteiger partial charge in [0.2, 0.25) is 0 Å². The lowest BCUT2D eigenvalue weighted by atomic mass is 9.93. The Morgan fingerprint density at radius 1 is 1.40 bits per heavy atom.